The average Bonchev–Trinajstić information content (AvgIpc) is 3.39. The van der Waals surface area contributed by atoms with Crippen LogP contribution in [-0.4, -0.2) is 48.2 Å². The molecule has 1 saturated heterocycles. The van der Waals surface area contributed by atoms with Gasteiger partial charge in [0, 0.05) is 29.9 Å². The predicted molar refractivity (Wildman–Crippen MR) is 123 cm³/mol. The number of carbonyl (C=O) groups excluding carboxylic acids is 1. The van der Waals surface area contributed by atoms with Crippen molar-refractivity contribution in [2.24, 2.45) is 11.8 Å². The maximum absolute atomic E-state index is 12.9. The maximum Gasteiger partial charge on any atom is 0.350 e. The topological polar surface area (TPSA) is 98.5 Å². The lowest BCUT2D eigenvalue weighted by molar-refractivity contribution is -0.134. The molecule has 5 rings (SSSR count). The number of hydrogen-bond acceptors (Lipinski definition) is 6. The third-order valence-corrected chi connectivity index (χ3v) is 6.09. The molecule has 0 N–H and O–H groups in total. The number of nitrogens with zero attached hydrogens (tertiary/aromatic N) is 6. The minimum absolute atomic E-state index is 0.110. The first-order valence-corrected chi connectivity index (χ1v) is 11.2. The number of amides is 1. The van der Waals surface area contributed by atoms with Crippen molar-refractivity contribution in [2.45, 2.75) is 26.8 Å². The Hall–Kier alpha value is -3.46. The molecule has 1 amide bonds. The van der Waals surface area contributed by atoms with Crippen molar-refractivity contribution < 1.29 is 9.32 Å². The molecule has 33 heavy (non-hydrogen) atoms. The second kappa shape index (κ2) is 8.47. The van der Waals surface area contributed by atoms with Gasteiger partial charge in [0.15, 0.2) is 5.65 Å². The summed E-state index contributed by atoms with van der Waals surface area (Å²) in [6.07, 6.45) is 2.71. The van der Waals surface area contributed by atoms with Gasteiger partial charge in [-0.3, -0.25) is 4.79 Å². The van der Waals surface area contributed by atoms with Gasteiger partial charge in [-0.25, -0.2) is 13.9 Å². The zero-order chi connectivity index (χ0) is 23.1. The summed E-state index contributed by atoms with van der Waals surface area (Å²) in [4.78, 5) is 32.1. The summed E-state index contributed by atoms with van der Waals surface area (Å²) in [5.41, 5.74) is 1.16. The van der Waals surface area contributed by atoms with Crippen LogP contribution in [0.4, 0.5) is 0 Å². The van der Waals surface area contributed by atoms with E-state index < -0.39 is 5.69 Å². The van der Waals surface area contributed by atoms with Gasteiger partial charge in [-0.2, -0.15) is 4.98 Å². The van der Waals surface area contributed by atoms with Crippen LogP contribution >= 0.6 is 11.6 Å². The van der Waals surface area contributed by atoms with E-state index >= 15 is 0 Å². The second-order valence-corrected chi connectivity index (χ2v) is 9.17. The minimum Gasteiger partial charge on any atom is -0.341 e. The van der Waals surface area contributed by atoms with Gasteiger partial charge in [0.1, 0.15) is 6.54 Å². The molecule has 1 aliphatic heterocycles. The van der Waals surface area contributed by atoms with Crippen LogP contribution in [0.2, 0.25) is 5.02 Å². The summed E-state index contributed by atoms with van der Waals surface area (Å²) < 4.78 is 8.03. The van der Waals surface area contributed by atoms with Gasteiger partial charge >= 0.3 is 5.69 Å². The van der Waals surface area contributed by atoms with Gasteiger partial charge in [-0.1, -0.05) is 42.7 Å². The lowest BCUT2D eigenvalue weighted by Crippen LogP contribution is -2.45. The fourth-order valence-corrected chi connectivity index (χ4v) is 4.67. The highest BCUT2D eigenvalue weighted by molar-refractivity contribution is 6.30. The monoisotopic (exact) mass is 466 g/mol. The minimum atomic E-state index is -0.395. The van der Waals surface area contributed by atoms with Crippen LogP contribution in [0.15, 0.2) is 51.9 Å². The number of fused-ring (bicyclic) bond motifs is 1. The molecule has 0 spiro atoms. The Bertz CT molecular complexity index is 1380. The van der Waals surface area contributed by atoms with Crippen LogP contribution in [-0.2, 0) is 11.3 Å². The molecule has 0 bridgehead atoms. The Labute approximate surface area is 194 Å². The summed E-state index contributed by atoms with van der Waals surface area (Å²) in [5, 5.41) is 9.03. The van der Waals surface area contributed by atoms with E-state index in [0.717, 1.165) is 6.42 Å². The first kappa shape index (κ1) is 21.4. The van der Waals surface area contributed by atoms with Crippen molar-refractivity contribution >= 4 is 23.2 Å². The molecule has 0 saturated carbocycles. The second-order valence-electron chi connectivity index (χ2n) is 8.73. The molecule has 0 radical (unpaired) electrons. The van der Waals surface area contributed by atoms with Crippen LogP contribution in [0.3, 0.4) is 0 Å². The number of halogens is 1. The van der Waals surface area contributed by atoms with Gasteiger partial charge < -0.3 is 9.42 Å². The zero-order valence-electron chi connectivity index (χ0n) is 18.3. The van der Waals surface area contributed by atoms with E-state index in [-0.39, 0.29) is 18.3 Å². The predicted octanol–water partition coefficient (Wildman–Crippen LogP) is 3.37. The highest BCUT2D eigenvalue weighted by atomic mass is 35.5. The Balaban J connectivity index is 1.46. The van der Waals surface area contributed by atoms with Gasteiger partial charge in [0.05, 0.1) is 5.56 Å². The molecule has 9 nitrogen and oxygen atoms in total. The first-order valence-electron chi connectivity index (χ1n) is 10.8. The van der Waals surface area contributed by atoms with E-state index in [1.165, 1.54) is 9.08 Å². The summed E-state index contributed by atoms with van der Waals surface area (Å²) in [6.45, 7) is 5.56. The van der Waals surface area contributed by atoms with E-state index in [2.05, 4.69) is 29.1 Å². The van der Waals surface area contributed by atoms with Crippen LogP contribution in [0.1, 0.15) is 20.3 Å². The van der Waals surface area contributed by atoms with E-state index in [0.29, 0.717) is 52.5 Å². The summed E-state index contributed by atoms with van der Waals surface area (Å²) in [7, 11) is 0. The van der Waals surface area contributed by atoms with Crippen molar-refractivity contribution in [1.29, 1.82) is 0 Å². The van der Waals surface area contributed by atoms with E-state index in [9.17, 15) is 9.59 Å². The van der Waals surface area contributed by atoms with Gasteiger partial charge in [-0.15, -0.1) is 5.10 Å². The first-order chi connectivity index (χ1) is 15.9. The van der Waals surface area contributed by atoms with Crippen LogP contribution in [0.25, 0.3) is 28.5 Å². The fraction of sp³-hybridized carbons (Fsp3) is 0.348. The quantitative estimate of drug-likeness (QED) is 0.457. The van der Waals surface area contributed by atoms with E-state index in [1.807, 2.05) is 11.0 Å². The van der Waals surface area contributed by atoms with Crippen molar-refractivity contribution in [1.82, 2.24) is 29.2 Å². The average molecular weight is 467 g/mol. The van der Waals surface area contributed by atoms with E-state index in [1.54, 1.807) is 36.5 Å². The van der Waals surface area contributed by atoms with Gasteiger partial charge in [0.2, 0.25) is 11.7 Å². The van der Waals surface area contributed by atoms with Crippen molar-refractivity contribution in [3.63, 3.8) is 0 Å². The summed E-state index contributed by atoms with van der Waals surface area (Å²) in [5.74, 6) is 1.36. The number of likely N-dealkylation sites (tertiary alicyclic amines) is 1. The lowest BCUT2D eigenvalue weighted by Gasteiger charge is -2.34. The molecule has 170 valence electrons. The smallest absolute Gasteiger partial charge is 0.341 e. The summed E-state index contributed by atoms with van der Waals surface area (Å²) in [6, 6.07) is 10.6. The third-order valence-electron chi connectivity index (χ3n) is 5.86. The number of pyridine rings is 1. The number of carbonyl (C=O) groups is 1. The van der Waals surface area contributed by atoms with Crippen molar-refractivity contribution in [2.75, 3.05) is 13.1 Å². The SMILES string of the molecule is CC1CC(C)CN(C(=O)Cn2nc3c(-c4nc(-c5cccc(Cl)c5)no4)cccn3c2=O)C1. The Morgan fingerprint density at radius 2 is 1.97 bits per heavy atom. The lowest BCUT2D eigenvalue weighted by atomic mass is 9.92. The number of hydrogen-bond donors (Lipinski definition) is 0. The molecule has 0 aliphatic carbocycles. The van der Waals surface area contributed by atoms with E-state index in [4.69, 9.17) is 16.1 Å². The number of rotatable bonds is 4. The van der Waals surface area contributed by atoms with Crippen LogP contribution < -0.4 is 5.69 Å². The maximum atomic E-state index is 12.9. The molecule has 1 fully saturated rings. The number of benzene rings is 1. The largest absolute Gasteiger partial charge is 0.350 e. The number of aromatic nitrogens is 5. The number of piperidine rings is 1. The molecule has 4 heterocycles. The Morgan fingerprint density at radius 3 is 2.73 bits per heavy atom. The zero-order valence-corrected chi connectivity index (χ0v) is 19.1. The molecule has 1 aromatic carbocycles. The molecular formula is C23H23ClN6O3. The molecule has 1 aliphatic rings. The fourth-order valence-electron chi connectivity index (χ4n) is 4.48. The molecule has 2 unspecified atom stereocenters. The molecule has 2 atom stereocenters. The van der Waals surface area contributed by atoms with Crippen molar-refractivity contribution in [3.8, 4) is 22.8 Å². The standard InChI is InChI=1S/C23H23ClN6O3/c1-14-9-15(2)12-28(11-14)19(31)13-30-23(32)29-8-4-7-18(21(29)26-30)22-25-20(27-33-22)16-5-3-6-17(24)10-16/h3-8,10,14-15H,9,11-13H2,1-2H3. The van der Waals surface area contributed by atoms with Gasteiger partial charge in [0.25, 0.3) is 5.89 Å². The Kier molecular flexibility index (Phi) is 5.49. The van der Waals surface area contributed by atoms with Crippen LogP contribution in [0, 0.1) is 11.8 Å². The molecular weight excluding hydrogens is 444 g/mol. The normalized spacial score (nSPS) is 18.7. The van der Waals surface area contributed by atoms with Crippen molar-refractivity contribution in [3.05, 3.63) is 58.1 Å². The Morgan fingerprint density at radius 1 is 1.18 bits per heavy atom. The summed E-state index contributed by atoms with van der Waals surface area (Å²) >= 11 is 6.06. The van der Waals surface area contributed by atoms with Gasteiger partial charge in [-0.05, 0) is 42.5 Å². The molecule has 3 aromatic heterocycles. The van der Waals surface area contributed by atoms with Crippen LogP contribution in [0.5, 0.6) is 0 Å². The highest BCUT2D eigenvalue weighted by Crippen LogP contribution is 2.26. The third kappa shape index (κ3) is 4.16. The molecule has 4 aromatic rings. The molecule has 10 heteroatoms. The highest BCUT2D eigenvalue weighted by Gasteiger charge is 2.26.